The Hall–Kier alpha value is -0.960. The van der Waals surface area contributed by atoms with Gasteiger partial charge in [0.25, 0.3) is 0 Å². The van der Waals surface area contributed by atoms with E-state index in [9.17, 15) is 5.11 Å². The number of unbranched alkanes of at least 4 members (excludes halogenated alkanes) is 10. The lowest BCUT2D eigenvalue weighted by Gasteiger charge is -2.28. The summed E-state index contributed by atoms with van der Waals surface area (Å²) < 4.78 is 0. The minimum Gasteiger partial charge on any atom is -0.374 e. The molecule has 1 aliphatic heterocycles. The van der Waals surface area contributed by atoms with Crippen molar-refractivity contribution in [2.24, 2.45) is 0 Å². The highest BCUT2D eigenvalue weighted by Gasteiger charge is 2.20. The Kier molecular flexibility index (Phi) is 12.6. The zero-order chi connectivity index (χ0) is 17.5. The largest absolute Gasteiger partial charge is 0.374 e. The zero-order valence-electron chi connectivity index (χ0n) is 16.1. The van der Waals surface area contributed by atoms with Gasteiger partial charge in [-0.2, -0.15) is 0 Å². The van der Waals surface area contributed by atoms with E-state index in [4.69, 9.17) is 0 Å². The number of rotatable bonds is 15. The van der Waals surface area contributed by atoms with E-state index in [2.05, 4.69) is 24.4 Å². The van der Waals surface area contributed by atoms with Crippen molar-refractivity contribution in [2.75, 3.05) is 0 Å². The summed E-state index contributed by atoms with van der Waals surface area (Å²) in [5.41, 5.74) is 0. The van der Waals surface area contributed by atoms with Crippen LogP contribution in [0.25, 0.3) is 0 Å². The molecule has 2 atom stereocenters. The van der Waals surface area contributed by atoms with Crippen molar-refractivity contribution >= 4 is 0 Å². The third kappa shape index (κ3) is 10.0. The molecule has 1 heterocycles. The number of aliphatic hydroxyl groups excluding tert-OH is 1. The van der Waals surface area contributed by atoms with Crippen molar-refractivity contribution in [3.05, 3.63) is 24.6 Å². The maximum atomic E-state index is 9.67. The average molecular weight is 337 g/mol. The molecule has 0 spiro atoms. The van der Waals surface area contributed by atoms with E-state index in [-0.39, 0.29) is 6.17 Å². The minimum atomic E-state index is -0.400. The molecule has 3 heteroatoms. The molecule has 2 N–H and O–H groups in total. The van der Waals surface area contributed by atoms with Crippen molar-refractivity contribution < 1.29 is 5.11 Å². The fraction of sp³-hybridized carbons (Fsp3) is 0.810. The molecule has 0 amide bonds. The van der Waals surface area contributed by atoms with Gasteiger partial charge in [0.2, 0.25) is 0 Å². The fourth-order valence-electron chi connectivity index (χ4n) is 3.27. The Bertz CT molecular complexity index is 339. The van der Waals surface area contributed by atoms with E-state index in [1.165, 1.54) is 77.0 Å². The van der Waals surface area contributed by atoms with Crippen molar-refractivity contribution in [3.8, 4) is 0 Å². The molecule has 0 fully saturated rings. The molecule has 24 heavy (non-hydrogen) atoms. The van der Waals surface area contributed by atoms with Crippen LogP contribution in [-0.2, 0) is 0 Å². The van der Waals surface area contributed by atoms with Crippen molar-refractivity contribution in [1.29, 1.82) is 0 Å². The van der Waals surface area contributed by atoms with E-state index in [0.717, 1.165) is 6.42 Å². The molecule has 3 nitrogen and oxygen atoms in total. The summed E-state index contributed by atoms with van der Waals surface area (Å²) in [5, 5.41) is 13.0. The van der Waals surface area contributed by atoms with Gasteiger partial charge in [-0.3, -0.25) is 0 Å². The standard InChI is InChI=1S/C21H40N2O/c1-3-4-5-6-7-8-9-10-11-12-13-14-15-16-17-21-22-18-19-23(21)20(2)24/h6-7,18-22,24H,3-5,8-17H2,1-2H3/b7-6+. The quantitative estimate of drug-likeness (QED) is 0.298. The van der Waals surface area contributed by atoms with Crippen LogP contribution in [0.15, 0.2) is 24.6 Å². The van der Waals surface area contributed by atoms with Gasteiger partial charge < -0.3 is 15.3 Å². The van der Waals surface area contributed by atoms with Crippen molar-refractivity contribution in [3.63, 3.8) is 0 Å². The number of allylic oxidation sites excluding steroid dienone is 2. The van der Waals surface area contributed by atoms with Gasteiger partial charge in [0.1, 0.15) is 12.4 Å². The highest BCUT2D eigenvalue weighted by Crippen LogP contribution is 2.16. The smallest absolute Gasteiger partial charge is 0.125 e. The molecule has 0 saturated heterocycles. The number of nitrogens with zero attached hydrogens (tertiary/aromatic N) is 1. The van der Waals surface area contributed by atoms with Crippen LogP contribution in [0, 0.1) is 0 Å². The minimum absolute atomic E-state index is 0.287. The number of hydrogen-bond donors (Lipinski definition) is 2. The van der Waals surface area contributed by atoms with E-state index in [0.29, 0.717) is 0 Å². The summed E-state index contributed by atoms with van der Waals surface area (Å²) in [6.45, 7) is 4.08. The maximum absolute atomic E-state index is 9.67. The highest BCUT2D eigenvalue weighted by atomic mass is 16.3. The average Bonchev–Trinajstić information content (AvgIpc) is 3.04. The van der Waals surface area contributed by atoms with E-state index in [1.54, 1.807) is 0 Å². The van der Waals surface area contributed by atoms with Crippen molar-refractivity contribution in [2.45, 2.75) is 110 Å². The van der Waals surface area contributed by atoms with Crippen LogP contribution in [-0.4, -0.2) is 22.4 Å². The Morgan fingerprint density at radius 3 is 2.17 bits per heavy atom. The Morgan fingerprint density at radius 2 is 1.54 bits per heavy atom. The summed E-state index contributed by atoms with van der Waals surface area (Å²) in [6, 6.07) is 0. The van der Waals surface area contributed by atoms with E-state index >= 15 is 0 Å². The first-order valence-corrected chi connectivity index (χ1v) is 10.3. The predicted octanol–water partition coefficient (Wildman–Crippen LogP) is 5.67. The molecule has 0 radical (unpaired) electrons. The molecular formula is C21H40N2O. The summed E-state index contributed by atoms with van der Waals surface area (Å²) in [4.78, 5) is 2.00. The van der Waals surface area contributed by atoms with Crippen LogP contribution in [0.5, 0.6) is 0 Å². The van der Waals surface area contributed by atoms with E-state index in [1.807, 2.05) is 24.2 Å². The van der Waals surface area contributed by atoms with Gasteiger partial charge in [-0.1, -0.05) is 70.4 Å². The zero-order valence-corrected chi connectivity index (χ0v) is 16.1. The normalized spacial score (nSPS) is 18.5. The number of hydrogen-bond acceptors (Lipinski definition) is 3. The molecule has 0 aromatic carbocycles. The number of aliphatic hydroxyl groups is 1. The number of nitrogens with one attached hydrogen (secondary N) is 1. The lowest BCUT2D eigenvalue weighted by molar-refractivity contribution is 0.0254. The second-order valence-electron chi connectivity index (χ2n) is 7.10. The van der Waals surface area contributed by atoms with Crippen LogP contribution in [0.1, 0.15) is 97.3 Å². The van der Waals surface area contributed by atoms with Crippen LogP contribution in [0.3, 0.4) is 0 Å². The molecule has 0 bridgehead atoms. The van der Waals surface area contributed by atoms with Gasteiger partial charge in [0.05, 0.1) is 0 Å². The SMILES string of the molecule is CCCC/C=C/CCCCCCCCCCC1NC=CN1C(C)O. The first-order valence-electron chi connectivity index (χ1n) is 10.3. The Morgan fingerprint density at radius 1 is 0.958 bits per heavy atom. The summed E-state index contributed by atoms with van der Waals surface area (Å²) in [7, 11) is 0. The maximum Gasteiger partial charge on any atom is 0.125 e. The van der Waals surface area contributed by atoms with Crippen LogP contribution >= 0.6 is 0 Å². The lowest BCUT2D eigenvalue weighted by Crippen LogP contribution is -2.40. The molecule has 140 valence electrons. The summed E-state index contributed by atoms with van der Waals surface area (Å²) in [6.07, 6.45) is 25.6. The summed E-state index contributed by atoms with van der Waals surface area (Å²) in [5.74, 6) is 0. The summed E-state index contributed by atoms with van der Waals surface area (Å²) >= 11 is 0. The first-order chi connectivity index (χ1) is 11.8. The Labute approximate surface area is 150 Å². The molecule has 2 unspecified atom stereocenters. The predicted molar refractivity (Wildman–Crippen MR) is 104 cm³/mol. The molecule has 0 aromatic heterocycles. The van der Waals surface area contributed by atoms with Gasteiger partial charge in [-0.15, -0.1) is 0 Å². The topological polar surface area (TPSA) is 35.5 Å². The van der Waals surface area contributed by atoms with E-state index < -0.39 is 6.23 Å². The van der Waals surface area contributed by atoms with Crippen LogP contribution < -0.4 is 5.32 Å². The Balaban J connectivity index is 1.82. The van der Waals surface area contributed by atoms with Gasteiger partial charge in [0, 0.05) is 12.4 Å². The van der Waals surface area contributed by atoms with Gasteiger partial charge in [0.15, 0.2) is 0 Å². The van der Waals surface area contributed by atoms with Crippen LogP contribution in [0.2, 0.25) is 0 Å². The third-order valence-corrected chi connectivity index (χ3v) is 4.82. The molecule has 1 rings (SSSR count). The fourth-order valence-corrected chi connectivity index (χ4v) is 3.27. The lowest BCUT2D eigenvalue weighted by atomic mass is 10.1. The first kappa shape index (κ1) is 21.1. The van der Waals surface area contributed by atoms with Crippen LogP contribution in [0.4, 0.5) is 0 Å². The second kappa shape index (κ2) is 14.4. The van der Waals surface area contributed by atoms with Gasteiger partial charge in [-0.05, 0) is 39.0 Å². The molecule has 1 aliphatic rings. The third-order valence-electron chi connectivity index (χ3n) is 4.82. The molecular weight excluding hydrogens is 296 g/mol. The highest BCUT2D eigenvalue weighted by molar-refractivity contribution is 4.94. The monoisotopic (exact) mass is 336 g/mol. The van der Waals surface area contributed by atoms with Gasteiger partial charge >= 0.3 is 0 Å². The molecule has 0 saturated carbocycles. The second-order valence-corrected chi connectivity index (χ2v) is 7.10. The van der Waals surface area contributed by atoms with Crippen molar-refractivity contribution in [1.82, 2.24) is 10.2 Å². The van der Waals surface area contributed by atoms with Gasteiger partial charge in [-0.25, -0.2) is 0 Å². The molecule has 0 aromatic rings. The molecule has 0 aliphatic carbocycles.